The Morgan fingerprint density at radius 2 is 1.14 bits per heavy atom. The minimum absolute atomic E-state index is 0.0170. The molecule has 13 N–H and O–H groups in total. The van der Waals surface area contributed by atoms with Gasteiger partial charge in [0.2, 0.25) is 29.5 Å². The Morgan fingerprint density at radius 1 is 0.686 bits per heavy atom. The molecule has 0 bridgehead atoms. The van der Waals surface area contributed by atoms with Gasteiger partial charge in [0.05, 0.1) is 19.4 Å². The number of aliphatic hydroxyl groups is 1. The van der Waals surface area contributed by atoms with Crippen LogP contribution in [0.2, 0.25) is 0 Å². The van der Waals surface area contributed by atoms with Crippen LogP contribution in [0.1, 0.15) is 58.1 Å². The first-order valence-corrected chi connectivity index (χ1v) is 15.6. The lowest BCUT2D eigenvalue weighted by molar-refractivity contribution is -0.144. The average molecular weight is 729 g/mol. The Morgan fingerprint density at radius 3 is 1.57 bits per heavy atom. The molecule has 0 saturated carbocycles. The minimum atomic E-state index is -1.94. The van der Waals surface area contributed by atoms with Gasteiger partial charge in [0.1, 0.15) is 36.3 Å². The van der Waals surface area contributed by atoms with Crippen molar-refractivity contribution in [1.29, 1.82) is 0 Å². The summed E-state index contributed by atoms with van der Waals surface area (Å²) < 4.78 is 0. The monoisotopic (exact) mass is 728 g/mol. The number of carboxylic acids is 4. The molecule has 22 heteroatoms. The molecule has 6 atom stereocenters. The zero-order valence-electron chi connectivity index (χ0n) is 27.8. The second kappa shape index (κ2) is 21.4. The number of hydrogen-bond donors (Lipinski definition) is 12. The molecule has 0 aliphatic heterocycles. The highest BCUT2D eigenvalue weighted by molar-refractivity contribution is 5.97. The molecule has 284 valence electrons. The molecule has 1 heterocycles. The Labute approximate surface area is 290 Å². The number of carbonyl (C=O) groups is 9. The SMILES string of the molecule is CC(C)CC(NC(=O)C(CCC(=O)O)NC(=O)C(CC(=O)O)NC(=O)C(Cc1cnc[nH]1)NC(=O)C(CCC(=O)O)NC(=O)C(N)CO)C(=O)O. The van der Waals surface area contributed by atoms with Gasteiger partial charge in [-0.05, 0) is 25.2 Å². The predicted octanol–water partition coefficient (Wildman–Crippen LogP) is -3.97. The molecule has 0 fully saturated rings. The number of carbonyl (C=O) groups excluding carboxylic acids is 5. The van der Waals surface area contributed by atoms with Crippen molar-refractivity contribution in [3.8, 4) is 0 Å². The van der Waals surface area contributed by atoms with Crippen LogP contribution in [0, 0.1) is 5.92 Å². The van der Waals surface area contributed by atoms with Crippen LogP contribution >= 0.6 is 0 Å². The van der Waals surface area contributed by atoms with E-state index >= 15 is 0 Å². The summed E-state index contributed by atoms with van der Waals surface area (Å²) >= 11 is 0. The highest BCUT2D eigenvalue weighted by Gasteiger charge is 2.34. The fourth-order valence-corrected chi connectivity index (χ4v) is 4.43. The van der Waals surface area contributed by atoms with Gasteiger partial charge in [0.15, 0.2) is 0 Å². The first-order chi connectivity index (χ1) is 23.8. The number of aliphatic hydroxyl groups excluding tert-OH is 1. The van der Waals surface area contributed by atoms with Gasteiger partial charge in [-0.15, -0.1) is 0 Å². The number of carboxylic acid groups (broad SMARTS) is 4. The van der Waals surface area contributed by atoms with Gasteiger partial charge < -0.3 is 62.8 Å². The van der Waals surface area contributed by atoms with E-state index in [9.17, 15) is 53.4 Å². The molecule has 0 spiro atoms. The van der Waals surface area contributed by atoms with E-state index in [4.69, 9.17) is 21.1 Å². The second-order valence-electron chi connectivity index (χ2n) is 11.8. The number of hydrogen-bond acceptors (Lipinski definition) is 12. The van der Waals surface area contributed by atoms with Gasteiger partial charge in [-0.1, -0.05) is 13.8 Å². The predicted molar refractivity (Wildman–Crippen MR) is 170 cm³/mol. The van der Waals surface area contributed by atoms with Gasteiger partial charge in [-0.25, -0.2) is 9.78 Å². The largest absolute Gasteiger partial charge is 0.481 e. The molecule has 1 aromatic rings. The maximum atomic E-state index is 13.5. The molecule has 0 saturated heterocycles. The average Bonchev–Trinajstić information content (AvgIpc) is 3.55. The van der Waals surface area contributed by atoms with E-state index in [-0.39, 0.29) is 24.5 Å². The molecule has 0 radical (unpaired) electrons. The van der Waals surface area contributed by atoms with Gasteiger partial charge in [-0.2, -0.15) is 0 Å². The van der Waals surface area contributed by atoms with Crippen molar-refractivity contribution in [2.45, 2.75) is 95.0 Å². The summed E-state index contributed by atoms with van der Waals surface area (Å²) in [6.07, 6.45) is -1.25. The summed E-state index contributed by atoms with van der Waals surface area (Å²) in [6.45, 7) is 2.56. The van der Waals surface area contributed by atoms with Gasteiger partial charge >= 0.3 is 23.9 Å². The number of nitrogens with zero attached hydrogens (tertiary/aromatic N) is 1. The van der Waals surface area contributed by atoms with Crippen molar-refractivity contribution in [3.05, 3.63) is 18.2 Å². The third-order valence-electron chi connectivity index (χ3n) is 7.04. The molecule has 0 aliphatic carbocycles. The molecule has 0 aliphatic rings. The van der Waals surface area contributed by atoms with Crippen LogP contribution in [0.4, 0.5) is 0 Å². The number of imidazole rings is 1. The Bertz CT molecular complexity index is 1400. The topological polar surface area (TPSA) is 370 Å². The zero-order chi connectivity index (χ0) is 38.8. The summed E-state index contributed by atoms with van der Waals surface area (Å²) in [6, 6.07) is -9.72. The van der Waals surface area contributed by atoms with Crippen molar-refractivity contribution in [2.24, 2.45) is 11.7 Å². The van der Waals surface area contributed by atoms with E-state index in [0.717, 1.165) is 0 Å². The molecule has 1 rings (SSSR count). The van der Waals surface area contributed by atoms with Crippen LogP contribution in [0.3, 0.4) is 0 Å². The van der Waals surface area contributed by atoms with E-state index in [1.54, 1.807) is 13.8 Å². The second-order valence-corrected chi connectivity index (χ2v) is 11.8. The molecular weight excluding hydrogens is 684 g/mol. The van der Waals surface area contributed by atoms with E-state index in [1.807, 2.05) is 0 Å². The van der Waals surface area contributed by atoms with E-state index < -0.39 is 128 Å². The summed E-state index contributed by atoms with van der Waals surface area (Å²) in [5.41, 5.74) is 5.73. The molecule has 22 nitrogen and oxygen atoms in total. The lowest BCUT2D eigenvalue weighted by Gasteiger charge is -2.26. The molecule has 6 unspecified atom stereocenters. The fourth-order valence-electron chi connectivity index (χ4n) is 4.43. The van der Waals surface area contributed by atoms with Gasteiger partial charge in [0, 0.05) is 31.2 Å². The standard InChI is InChI=1S/C29H44N8O14/c1-13(2)7-20(29(50)51)37-26(47)17(4-6-22(41)42)34-28(49)19(9-23(43)44)36-27(48)18(8-14-10-31-12-32-14)35-25(46)16(3-5-21(39)40)33-24(45)15(30)11-38/h10,12-13,15-20,38H,3-9,11,30H2,1-2H3,(H,31,32)(H,33,45)(H,34,49)(H,35,46)(H,36,48)(H,37,47)(H,39,40)(H,41,42)(H,43,44)(H,50,51). The number of aromatic amines is 1. The quantitative estimate of drug-likeness (QED) is 0.0483. The Hall–Kier alpha value is -5.64. The third-order valence-corrected chi connectivity index (χ3v) is 7.04. The summed E-state index contributed by atoms with van der Waals surface area (Å²) in [7, 11) is 0. The smallest absolute Gasteiger partial charge is 0.326 e. The van der Waals surface area contributed by atoms with Crippen molar-refractivity contribution in [1.82, 2.24) is 36.6 Å². The molecule has 51 heavy (non-hydrogen) atoms. The molecule has 0 aromatic carbocycles. The van der Waals surface area contributed by atoms with Crippen LogP contribution in [0.5, 0.6) is 0 Å². The van der Waals surface area contributed by atoms with Crippen LogP contribution in [0.15, 0.2) is 12.5 Å². The summed E-state index contributed by atoms with van der Waals surface area (Å²) in [5, 5.41) is 57.5. The number of amides is 5. The van der Waals surface area contributed by atoms with Crippen LogP contribution in [-0.2, 0) is 49.6 Å². The third kappa shape index (κ3) is 16.5. The van der Waals surface area contributed by atoms with Crippen molar-refractivity contribution < 1.29 is 68.7 Å². The van der Waals surface area contributed by atoms with Crippen LogP contribution in [0.25, 0.3) is 0 Å². The van der Waals surface area contributed by atoms with Gasteiger partial charge in [-0.3, -0.25) is 38.4 Å². The normalized spacial score (nSPS) is 14.5. The Balaban J connectivity index is 3.35. The first-order valence-electron chi connectivity index (χ1n) is 15.6. The number of aliphatic carboxylic acids is 4. The highest BCUT2D eigenvalue weighted by atomic mass is 16.4. The number of aromatic nitrogens is 2. The number of nitrogens with two attached hydrogens (primary N) is 1. The number of rotatable bonds is 24. The van der Waals surface area contributed by atoms with Gasteiger partial charge in [0.25, 0.3) is 0 Å². The maximum Gasteiger partial charge on any atom is 0.326 e. The molecular formula is C29H44N8O14. The number of nitrogens with one attached hydrogen (secondary N) is 6. The van der Waals surface area contributed by atoms with Crippen molar-refractivity contribution in [3.63, 3.8) is 0 Å². The maximum absolute atomic E-state index is 13.5. The summed E-state index contributed by atoms with van der Waals surface area (Å²) in [4.78, 5) is 118. The Kier molecular flexibility index (Phi) is 18.2. The highest BCUT2D eigenvalue weighted by Crippen LogP contribution is 2.09. The zero-order valence-corrected chi connectivity index (χ0v) is 27.8. The minimum Gasteiger partial charge on any atom is -0.481 e. The summed E-state index contributed by atoms with van der Waals surface area (Å²) in [5.74, 6) is -11.5. The van der Waals surface area contributed by atoms with Crippen molar-refractivity contribution in [2.75, 3.05) is 6.61 Å². The first kappa shape index (κ1) is 43.4. The lowest BCUT2D eigenvalue weighted by Crippen LogP contribution is -2.60. The lowest BCUT2D eigenvalue weighted by atomic mass is 10.0. The van der Waals surface area contributed by atoms with E-state index in [0.29, 0.717) is 0 Å². The number of H-pyrrole nitrogens is 1. The van der Waals surface area contributed by atoms with E-state index in [1.165, 1.54) is 12.5 Å². The fraction of sp³-hybridized carbons (Fsp3) is 0.586. The van der Waals surface area contributed by atoms with Crippen LogP contribution in [-0.4, -0.2) is 132 Å². The van der Waals surface area contributed by atoms with E-state index in [2.05, 4.69) is 36.6 Å². The van der Waals surface area contributed by atoms with Crippen LogP contribution < -0.4 is 32.3 Å². The molecule has 1 aromatic heterocycles. The van der Waals surface area contributed by atoms with Crippen molar-refractivity contribution >= 4 is 53.4 Å². The molecule has 5 amide bonds.